The van der Waals surface area contributed by atoms with Crippen LogP contribution in [0.1, 0.15) is 59.3 Å². The molecule has 0 saturated carbocycles. The average Bonchev–Trinajstić information content (AvgIpc) is 2.30. The minimum absolute atomic E-state index is 0. The zero-order valence-electron chi connectivity index (χ0n) is 12.7. The van der Waals surface area contributed by atoms with E-state index in [-0.39, 0.29) is 15.4 Å². The minimum atomic E-state index is -3.31. The second kappa shape index (κ2) is 16.6. The summed E-state index contributed by atoms with van der Waals surface area (Å²) in [6.07, 6.45) is 5.63. The second-order valence-electron chi connectivity index (χ2n) is 4.01. The van der Waals surface area contributed by atoms with Crippen LogP contribution >= 0.6 is 17.7 Å². The Morgan fingerprint density at radius 3 is 1.21 bits per heavy atom. The fourth-order valence-electron chi connectivity index (χ4n) is 1.07. The number of hydrogen-bond donors (Lipinski definition) is 0. The SMILES string of the molecule is CCCCOP(=O)(OCCCC)OCCCC.O.P. The van der Waals surface area contributed by atoms with E-state index >= 15 is 0 Å². The van der Waals surface area contributed by atoms with Gasteiger partial charge in [-0.1, -0.05) is 40.0 Å². The maximum atomic E-state index is 12.2. The molecular formula is C12H32O5P2. The predicted molar refractivity (Wildman–Crippen MR) is 84.9 cm³/mol. The van der Waals surface area contributed by atoms with E-state index in [1.807, 2.05) is 0 Å². The fraction of sp³-hybridized carbons (Fsp3) is 1.00. The molecule has 7 heteroatoms. The maximum Gasteiger partial charge on any atom is 0.474 e. The highest BCUT2D eigenvalue weighted by atomic mass is 31.2. The van der Waals surface area contributed by atoms with Crippen LogP contribution in [0.5, 0.6) is 0 Å². The lowest BCUT2D eigenvalue weighted by atomic mass is 10.4. The van der Waals surface area contributed by atoms with Crippen molar-refractivity contribution in [3.8, 4) is 0 Å². The van der Waals surface area contributed by atoms with Crippen LogP contribution in [-0.2, 0) is 18.1 Å². The van der Waals surface area contributed by atoms with E-state index in [4.69, 9.17) is 13.6 Å². The molecule has 0 aliphatic rings. The van der Waals surface area contributed by atoms with Gasteiger partial charge in [-0.3, -0.25) is 13.6 Å². The van der Waals surface area contributed by atoms with E-state index in [0.29, 0.717) is 19.8 Å². The predicted octanol–water partition coefficient (Wildman–Crippen LogP) is 3.78. The fourth-order valence-corrected chi connectivity index (χ4v) is 2.36. The summed E-state index contributed by atoms with van der Waals surface area (Å²) in [5.41, 5.74) is 0. The van der Waals surface area contributed by atoms with Gasteiger partial charge in [0.05, 0.1) is 19.8 Å². The van der Waals surface area contributed by atoms with Gasteiger partial charge < -0.3 is 5.48 Å². The molecule has 0 aromatic heterocycles. The van der Waals surface area contributed by atoms with Crippen molar-refractivity contribution in [2.75, 3.05) is 19.8 Å². The number of phosphoric ester groups is 1. The Hall–Kier alpha value is 0.500. The Balaban J connectivity index is -0.00000128. The van der Waals surface area contributed by atoms with Crippen LogP contribution < -0.4 is 0 Å². The van der Waals surface area contributed by atoms with Crippen LogP contribution in [0.25, 0.3) is 0 Å². The molecule has 5 nitrogen and oxygen atoms in total. The molecule has 0 aromatic carbocycles. The molecule has 1 atom stereocenters. The molecule has 0 bridgehead atoms. The highest BCUT2D eigenvalue weighted by molar-refractivity contribution is 7.48. The van der Waals surface area contributed by atoms with Crippen molar-refractivity contribution in [1.82, 2.24) is 0 Å². The lowest BCUT2D eigenvalue weighted by molar-refractivity contribution is 0.110. The van der Waals surface area contributed by atoms with Crippen LogP contribution in [0.15, 0.2) is 0 Å². The number of hydrogen-bond acceptors (Lipinski definition) is 4. The quantitative estimate of drug-likeness (QED) is 0.405. The van der Waals surface area contributed by atoms with Crippen molar-refractivity contribution in [2.45, 2.75) is 59.3 Å². The highest BCUT2D eigenvalue weighted by Crippen LogP contribution is 2.49. The third kappa shape index (κ3) is 14.7. The van der Waals surface area contributed by atoms with Gasteiger partial charge in [-0.25, -0.2) is 4.57 Å². The van der Waals surface area contributed by atoms with Gasteiger partial charge in [-0.15, -0.1) is 0 Å². The second-order valence-corrected chi connectivity index (χ2v) is 5.68. The van der Waals surface area contributed by atoms with Crippen LogP contribution in [0, 0.1) is 0 Å². The molecule has 0 saturated heterocycles. The van der Waals surface area contributed by atoms with Crippen LogP contribution in [0.4, 0.5) is 0 Å². The van der Waals surface area contributed by atoms with Gasteiger partial charge in [0.1, 0.15) is 0 Å². The molecule has 19 heavy (non-hydrogen) atoms. The van der Waals surface area contributed by atoms with Crippen LogP contribution in [0.2, 0.25) is 0 Å². The van der Waals surface area contributed by atoms with Gasteiger partial charge in [0.15, 0.2) is 0 Å². The molecule has 0 rings (SSSR count). The summed E-state index contributed by atoms with van der Waals surface area (Å²) >= 11 is 0. The standard InChI is InChI=1S/C12H27O4P.H2O.H3P/c1-4-7-10-14-17(13,15-11-8-5-2)16-12-9-6-3;;/h4-12H2,1-3H3;1H2;1H3. The van der Waals surface area contributed by atoms with Gasteiger partial charge >= 0.3 is 7.82 Å². The normalized spacial score (nSPS) is 10.7. The Labute approximate surface area is 121 Å². The van der Waals surface area contributed by atoms with Gasteiger partial charge in [0.2, 0.25) is 0 Å². The van der Waals surface area contributed by atoms with E-state index in [9.17, 15) is 4.57 Å². The first-order chi connectivity index (χ1) is 8.18. The first kappa shape index (κ1) is 24.5. The van der Waals surface area contributed by atoms with Crippen LogP contribution in [0.3, 0.4) is 0 Å². The number of phosphoric acid groups is 1. The lowest BCUT2D eigenvalue weighted by Gasteiger charge is -2.17. The summed E-state index contributed by atoms with van der Waals surface area (Å²) in [4.78, 5) is 0. The van der Waals surface area contributed by atoms with E-state index in [1.54, 1.807) is 0 Å². The number of rotatable bonds is 12. The molecule has 2 N–H and O–H groups in total. The molecule has 0 aromatic rings. The molecular weight excluding hydrogens is 286 g/mol. The summed E-state index contributed by atoms with van der Waals surface area (Å²) in [5, 5.41) is 0. The van der Waals surface area contributed by atoms with E-state index < -0.39 is 7.82 Å². The first-order valence-corrected chi connectivity index (χ1v) is 8.18. The zero-order chi connectivity index (χ0) is 13.0. The molecule has 0 aliphatic carbocycles. The lowest BCUT2D eigenvalue weighted by Crippen LogP contribution is -2.03. The van der Waals surface area contributed by atoms with E-state index in [1.165, 1.54) is 0 Å². The Bertz CT molecular complexity index is 181. The van der Waals surface area contributed by atoms with Gasteiger partial charge in [-0.2, -0.15) is 9.90 Å². The summed E-state index contributed by atoms with van der Waals surface area (Å²) < 4.78 is 28.0. The van der Waals surface area contributed by atoms with Crippen molar-refractivity contribution >= 4 is 17.7 Å². The van der Waals surface area contributed by atoms with Crippen molar-refractivity contribution in [1.29, 1.82) is 0 Å². The van der Waals surface area contributed by atoms with Gasteiger partial charge in [-0.05, 0) is 19.3 Å². The highest BCUT2D eigenvalue weighted by Gasteiger charge is 2.25. The topological polar surface area (TPSA) is 76.3 Å². The molecule has 0 amide bonds. The van der Waals surface area contributed by atoms with Crippen molar-refractivity contribution in [2.24, 2.45) is 0 Å². The Morgan fingerprint density at radius 2 is 1.00 bits per heavy atom. The molecule has 0 spiro atoms. The molecule has 0 fully saturated rings. The largest absolute Gasteiger partial charge is 0.474 e. The third-order valence-corrected chi connectivity index (χ3v) is 3.74. The molecule has 0 radical (unpaired) electrons. The maximum absolute atomic E-state index is 12.2. The van der Waals surface area contributed by atoms with Crippen LogP contribution in [-0.4, -0.2) is 25.3 Å². The Morgan fingerprint density at radius 1 is 0.737 bits per heavy atom. The smallest absolute Gasteiger partial charge is 0.412 e. The molecule has 0 heterocycles. The van der Waals surface area contributed by atoms with Crippen molar-refractivity contribution in [3.05, 3.63) is 0 Å². The Kier molecular flexibility index (Phi) is 21.4. The minimum Gasteiger partial charge on any atom is -0.412 e. The van der Waals surface area contributed by atoms with E-state index in [0.717, 1.165) is 38.5 Å². The summed E-state index contributed by atoms with van der Waals surface area (Å²) in [6.45, 7) is 7.49. The molecule has 0 aliphatic heterocycles. The van der Waals surface area contributed by atoms with Gasteiger partial charge in [0, 0.05) is 0 Å². The summed E-state index contributed by atoms with van der Waals surface area (Å²) in [6, 6.07) is 0. The molecule has 1 unspecified atom stereocenters. The monoisotopic (exact) mass is 318 g/mol. The molecule has 120 valence electrons. The summed E-state index contributed by atoms with van der Waals surface area (Å²) in [7, 11) is -3.31. The first-order valence-electron chi connectivity index (χ1n) is 6.72. The van der Waals surface area contributed by atoms with Crippen molar-refractivity contribution in [3.63, 3.8) is 0 Å². The van der Waals surface area contributed by atoms with E-state index in [2.05, 4.69) is 20.8 Å². The zero-order valence-corrected chi connectivity index (χ0v) is 15.0. The third-order valence-electron chi connectivity index (χ3n) is 2.24. The number of unbranched alkanes of at least 4 members (excludes halogenated alkanes) is 3. The summed E-state index contributed by atoms with van der Waals surface area (Å²) in [5.74, 6) is 0. The van der Waals surface area contributed by atoms with Crippen molar-refractivity contribution < 1.29 is 23.6 Å². The van der Waals surface area contributed by atoms with Gasteiger partial charge in [0.25, 0.3) is 0 Å². The average molecular weight is 318 g/mol.